The topological polar surface area (TPSA) is 49.4 Å². The zero-order chi connectivity index (χ0) is 15.0. The van der Waals surface area contributed by atoms with E-state index < -0.39 is 23.3 Å². The fraction of sp³-hybridized carbons (Fsp3) is 0.0667. The van der Waals surface area contributed by atoms with Crippen LogP contribution in [0.4, 0.5) is 20.2 Å². The molecule has 3 rings (SSSR count). The molecule has 0 unspecified atom stereocenters. The lowest BCUT2D eigenvalue weighted by Crippen LogP contribution is -2.34. The summed E-state index contributed by atoms with van der Waals surface area (Å²) in [6.07, 6.45) is 0. The summed E-state index contributed by atoms with van der Waals surface area (Å²) >= 11 is 0. The van der Waals surface area contributed by atoms with E-state index in [1.165, 1.54) is 11.0 Å². The Balaban J connectivity index is 1.82. The molecule has 1 amide bonds. The molecule has 1 aliphatic heterocycles. The standard InChI is InChI=1S/C15H10F2N2O2/c16-9-5-6-12(11(17)7-9)18-8-19-13-4-2-1-3-10(13)14(20)15(19)21/h1-7,18H,8H2. The zero-order valence-electron chi connectivity index (χ0n) is 10.8. The second kappa shape index (κ2) is 4.97. The van der Waals surface area contributed by atoms with Gasteiger partial charge in [-0.25, -0.2) is 8.78 Å². The van der Waals surface area contributed by atoms with E-state index >= 15 is 0 Å². The summed E-state index contributed by atoms with van der Waals surface area (Å²) in [7, 11) is 0. The molecular weight excluding hydrogens is 278 g/mol. The zero-order valence-corrected chi connectivity index (χ0v) is 10.8. The van der Waals surface area contributed by atoms with Crippen LogP contribution < -0.4 is 10.2 Å². The van der Waals surface area contributed by atoms with Gasteiger partial charge in [0.25, 0.3) is 5.78 Å². The summed E-state index contributed by atoms with van der Waals surface area (Å²) in [6.45, 7) is -0.0792. The molecule has 0 aromatic heterocycles. The fourth-order valence-electron chi connectivity index (χ4n) is 2.20. The van der Waals surface area contributed by atoms with Crippen molar-refractivity contribution in [2.45, 2.75) is 0 Å². The largest absolute Gasteiger partial charge is 0.365 e. The molecule has 0 fully saturated rings. The summed E-state index contributed by atoms with van der Waals surface area (Å²) in [5.41, 5.74) is 0.854. The van der Waals surface area contributed by atoms with Crippen LogP contribution in [-0.2, 0) is 4.79 Å². The van der Waals surface area contributed by atoms with Crippen LogP contribution in [-0.4, -0.2) is 18.4 Å². The molecule has 2 aromatic carbocycles. The minimum atomic E-state index is -0.763. The van der Waals surface area contributed by atoms with E-state index in [0.717, 1.165) is 12.1 Å². The average Bonchev–Trinajstić information content (AvgIpc) is 2.71. The Morgan fingerprint density at radius 2 is 1.81 bits per heavy atom. The molecule has 21 heavy (non-hydrogen) atoms. The van der Waals surface area contributed by atoms with Crippen LogP contribution in [0.2, 0.25) is 0 Å². The third-order valence-electron chi connectivity index (χ3n) is 3.24. The Labute approximate surface area is 119 Å². The van der Waals surface area contributed by atoms with Crippen molar-refractivity contribution in [2.75, 3.05) is 16.9 Å². The maximum atomic E-state index is 13.5. The van der Waals surface area contributed by atoms with Crippen molar-refractivity contribution in [2.24, 2.45) is 0 Å². The molecule has 1 aliphatic rings. The number of anilines is 2. The van der Waals surface area contributed by atoms with E-state index in [4.69, 9.17) is 0 Å². The minimum absolute atomic E-state index is 0.0565. The molecule has 0 saturated heterocycles. The number of carbonyl (C=O) groups is 2. The SMILES string of the molecule is O=C1C(=O)N(CNc2ccc(F)cc2F)c2ccccc21. The van der Waals surface area contributed by atoms with Gasteiger partial charge in [0.2, 0.25) is 0 Å². The average molecular weight is 288 g/mol. The number of hydrogen-bond donors (Lipinski definition) is 1. The maximum absolute atomic E-state index is 13.5. The molecule has 1 N–H and O–H groups in total. The van der Waals surface area contributed by atoms with Gasteiger partial charge in [-0.3, -0.25) is 14.5 Å². The number of nitrogens with zero attached hydrogens (tertiary/aromatic N) is 1. The van der Waals surface area contributed by atoms with Crippen LogP contribution in [0, 0.1) is 11.6 Å². The number of Topliss-reactive ketones (excluding diaryl/α,β-unsaturated/α-hetero) is 1. The molecule has 106 valence electrons. The fourth-order valence-corrected chi connectivity index (χ4v) is 2.20. The number of halogens is 2. The molecule has 0 atom stereocenters. The van der Waals surface area contributed by atoms with E-state index in [2.05, 4.69) is 5.32 Å². The van der Waals surface area contributed by atoms with Gasteiger partial charge in [0.1, 0.15) is 11.6 Å². The number of rotatable bonds is 3. The number of hydrogen-bond acceptors (Lipinski definition) is 3. The lowest BCUT2D eigenvalue weighted by Gasteiger charge is -2.18. The minimum Gasteiger partial charge on any atom is -0.365 e. The molecule has 6 heteroatoms. The van der Waals surface area contributed by atoms with Crippen molar-refractivity contribution >= 4 is 23.1 Å². The maximum Gasteiger partial charge on any atom is 0.300 e. The molecule has 0 spiro atoms. The van der Waals surface area contributed by atoms with Gasteiger partial charge in [-0.05, 0) is 24.3 Å². The highest BCUT2D eigenvalue weighted by Gasteiger charge is 2.35. The Morgan fingerprint density at radius 3 is 2.57 bits per heavy atom. The van der Waals surface area contributed by atoms with Crippen LogP contribution in [0.1, 0.15) is 10.4 Å². The monoisotopic (exact) mass is 288 g/mol. The summed E-state index contributed by atoms with van der Waals surface area (Å²) in [6, 6.07) is 9.66. The van der Waals surface area contributed by atoms with Crippen molar-refractivity contribution in [3.8, 4) is 0 Å². The molecular formula is C15H10F2N2O2. The Morgan fingerprint density at radius 1 is 1.05 bits per heavy atom. The van der Waals surface area contributed by atoms with E-state index in [1.807, 2.05) is 0 Å². The first-order valence-corrected chi connectivity index (χ1v) is 6.22. The van der Waals surface area contributed by atoms with Crippen molar-refractivity contribution in [3.05, 3.63) is 59.7 Å². The predicted octanol–water partition coefficient (Wildman–Crippen LogP) is 2.56. The molecule has 0 bridgehead atoms. The highest BCUT2D eigenvalue weighted by Crippen LogP contribution is 2.28. The van der Waals surface area contributed by atoms with Crippen LogP contribution in [0.3, 0.4) is 0 Å². The number of fused-ring (bicyclic) bond motifs is 1. The van der Waals surface area contributed by atoms with Crippen molar-refractivity contribution in [3.63, 3.8) is 0 Å². The van der Waals surface area contributed by atoms with Gasteiger partial charge < -0.3 is 5.32 Å². The van der Waals surface area contributed by atoms with E-state index in [9.17, 15) is 18.4 Å². The molecule has 0 saturated carbocycles. The van der Waals surface area contributed by atoms with E-state index in [-0.39, 0.29) is 12.4 Å². The quantitative estimate of drug-likeness (QED) is 0.883. The van der Waals surface area contributed by atoms with Gasteiger partial charge in [-0.15, -0.1) is 0 Å². The smallest absolute Gasteiger partial charge is 0.300 e. The van der Waals surface area contributed by atoms with Gasteiger partial charge >= 0.3 is 5.91 Å². The van der Waals surface area contributed by atoms with E-state index in [0.29, 0.717) is 11.3 Å². The summed E-state index contributed by atoms with van der Waals surface area (Å²) in [5.74, 6) is -2.71. The number of ketones is 1. The van der Waals surface area contributed by atoms with Crippen LogP contribution in [0.15, 0.2) is 42.5 Å². The Bertz CT molecular complexity index is 746. The predicted molar refractivity (Wildman–Crippen MR) is 73.1 cm³/mol. The normalized spacial score (nSPS) is 13.5. The van der Waals surface area contributed by atoms with Crippen molar-refractivity contribution in [1.82, 2.24) is 0 Å². The highest BCUT2D eigenvalue weighted by atomic mass is 19.1. The Hall–Kier alpha value is -2.76. The van der Waals surface area contributed by atoms with Crippen molar-refractivity contribution < 1.29 is 18.4 Å². The first-order valence-electron chi connectivity index (χ1n) is 6.22. The van der Waals surface area contributed by atoms with Crippen LogP contribution >= 0.6 is 0 Å². The number of carbonyl (C=O) groups excluding carboxylic acids is 2. The highest BCUT2D eigenvalue weighted by molar-refractivity contribution is 6.52. The second-order valence-electron chi connectivity index (χ2n) is 4.54. The number of para-hydroxylation sites is 1. The molecule has 0 radical (unpaired) electrons. The summed E-state index contributed by atoms with van der Waals surface area (Å²) < 4.78 is 26.3. The third kappa shape index (κ3) is 2.24. The molecule has 1 heterocycles. The number of benzene rings is 2. The Kier molecular flexibility index (Phi) is 3.13. The second-order valence-corrected chi connectivity index (χ2v) is 4.54. The van der Waals surface area contributed by atoms with Gasteiger partial charge in [-0.2, -0.15) is 0 Å². The third-order valence-corrected chi connectivity index (χ3v) is 3.24. The first kappa shape index (κ1) is 13.2. The van der Waals surface area contributed by atoms with Crippen LogP contribution in [0.25, 0.3) is 0 Å². The van der Waals surface area contributed by atoms with Gasteiger partial charge in [0.05, 0.1) is 23.6 Å². The first-order chi connectivity index (χ1) is 10.1. The number of nitrogens with one attached hydrogen (secondary N) is 1. The van der Waals surface area contributed by atoms with Crippen LogP contribution in [0.5, 0.6) is 0 Å². The van der Waals surface area contributed by atoms with Crippen molar-refractivity contribution in [1.29, 1.82) is 0 Å². The van der Waals surface area contributed by atoms with Gasteiger partial charge in [0.15, 0.2) is 0 Å². The van der Waals surface area contributed by atoms with Gasteiger partial charge in [0, 0.05) is 6.07 Å². The van der Waals surface area contributed by atoms with E-state index in [1.54, 1.807) is 24.3 Å². The lowest BCUT2D eigenvalue weighted by atomic mass is 10.1. The number of amides is 1. The molecule has 2 aromatic rings. The molecule has 0 aliphatic carbocycles. The molecule has 4 nitrogen and oxygen atoms in total. The summed E-state index contributed by atoms with van der Waals surface area (Å²) in [4.78, 5) is 24.9. The summed E-state index contributed by atoms with van der Waals surface area (Å²) in [5, 5.41) is 2.69. The lowest BCUT2D eigenvalue weighted by molar-refractivity contribution is -0.114. The van der Waals surface area contributed by atoms with Gasteiger partial charge in [-0.1, -0.05) is 12.1 Å².